The first-order valence-corrected chi connectivity index (χ1v) is 8.13. The molecule has 0 fully saturated rings. The summed E-state index contributed by atoms with van der Waals surface area (Å²) in [5.74, 6) is 0.503. The Kier molecular flexibility index (Phi) is 5.26. The third kappa shape index (κ3) is 3.88. The number of rotatable bonds is 5. The lowest BCUT2D eigenvalue weighted by Crippen LogP contribution is -2.30. The van der Waals surface area contributed by atoms with Gasteiger partial charge in [0.15, 0.2) is 17.6 Å². The maximum absolute atomic E-state index is 12.3. The van der Waals surface area contributed by atoms with E-state index in [4.69, 9.17) is 18.9 Å². The van der Waals surface area contributed by atoms with Crippen molar-refractivity contribution in [3.63, 3.8) is 0 Å². The Morgan fingerprint density at radius 1 is 1.08 bits per heavy atom. The Labute approximate surface area is 150 Å². The molecule has 7 heteroatoms. The molecule has 0 saturated carbocycles. The summed E-state index contributed by atoms with van der Waals surface area (Å²) in [6.45, 7) is 2.39. The predicted molar refractivity (Wildman–Crippen MR) is 93.9 cm³/mol. The van der Waals surface area contributed by atoms with Crippen LogP contribution in [0.15, 0.2) is 42.5 Å². The topological polar surface area (TPSA) is 83.1 Å². The van der Waals surface area contributed by atoms with Crippen molar-refractivity contribution in [2.75, 3.05) is 25.6 Å². The molecule has 0 aliphatic carbocycles. The van der Waals surface area contributed by atoms with Crippen LogP contribution in [0.3, 0.4) is 0 Å². The van der Waals surface area contributed by atoms with Crippen LogP contribution in [0.5, 0.6) is 17.2 Å². The van der Waals surface area contributed by atoms with Gasteiger partial charge in [-0.05, 0) is 37.3 Å². The van der Waals surface area contributed by atoms with E-state index in [0.717, 1.165) is 0 Å². The van der Waals surface area contributed by atoms with Crippen molar-refractivity contribution in [3.05, 3.63) is 48.0 Å². The lowest BCUT2D eigenvalue weighted by molar-refractivity contribution is -0.123. The molecular formula is C19H19NO6. The summed E-state index contributed by atoms with van der Waals surface area (Å²) in [5.41, 5.74) is 0.786. The molecule has 0 radical (unpaired) electrons. The quantitative estimate of drug-likeness (QED) is 0.829. The minimum atomic E-state index is -0.986. The van der Waals surface area contributed by atoms with Crippen LogP contribution in [0.4, 0.5) is 5.69 Å². The molecule has 26 heavy (non-hydrogen) atoms. The first-order chi connectivity index (χ1) is 12.6. The molecule has 1 aliphatic rings. The van der Waals surface area contributed by atoms with Gasteiger partial charge >= 0.3 is 5.97 Å². The number of carbonyl (C=O) groups is 2. The van der Waals surface area contributed by atoms with E-state index in [9.17, 15) is 9.59 Å². The van der Waals surface area contributed by atoms with Crippen LogP contribution in [0.1, 0.15) is 17.3 Å². The van der Waals surface area contributed by atoms with Gasteiger partial charge in [-0.15, -0.1) is 0 Å². The molecule has 1 amide bonds. The SMILES string of the molecule is COc1ccccc1NC(=O)[C@H](C)OC(=O)c1ccc2c(c1)OCCO2. The Bertz CT molecular complexity index is 819. The summed E-state index contributed by atoms with van der Waals surface area (Å²) in [6, 6.07) is 11.7. The van der Waals surface area contributed by atoms with E-state index in [0.29, 0.717) is 36.1 Å². The fourth-order valence-corrected chi connectivity index (χ4v) is 2.43. The zero-order valence-electron chi connectivity index (χ0n) is 14.5. The predicted octanol–water partition coefficient (Wildman–Crippen LogP) is 2.65. The van der Waals surface area contributed by atoms with E-state index in [2.05, 4.69) is 5.32 Å². The highest BCUT2D eigenvalue weighted by Gasteiger charge is 2.22. The standard InChI is InChI=1S/C19H19NO6/c1-12(18(21)20-14-5-3-4-6-15(14)23-2)26-19(22)13-7-8-16-17(11-13)25-10-9-24-16/h3-8,11-12H,9-10H2,1-2H3,(H,20,21)/t12-/m0/s1. The van der Waals surface area contributed by atoms with Crippen molar-refractivity contribution in [2.24, 2.45) is 0 Å². The van der Waals surface area contributed by atoms with E-state index in [-0.39, 0.29) is 5.56 Å². The molecule has 0 saturated heterocycles. The summed E-state index contributed by atoms with van der Waals surface area (Å²) in [6.07, 6.45) is -0.986. The first kappa shape index (κ1) is 17.6. The molecule has 2 aromatic rings. The van der Waals surface area contributed by atoms with Crippen molar-refractivity contribution >= 4 is 17.6 Å². The van der Waals surface area contributed by atoms with E-state index in [1.165, 1.54) is 14.0 Å². The van der Waals surface area contributed by atoms with Gasteiger partial charge in [-0.3, -0.25) is 4.79 Å². The van der Waals surface area contributed by atoms with Gasteiger partial charge in [-0.25, -0.2) is 4.79 Å². The van der Waals surface area contributed by atoms with E-state index in [1.54, 1.807) is 42.5 Å². The third-order valence-electron chi connectivity index (χ3n) is 3.80. The van der Waals surface area contributed by atoms with Gasteiger partial charge in [0.2, 0.25) is 0 Å². The van der Waals surface area contributed by atoms with Gasteiger partial charge in [-0.1, -0.05) is 12.1 Å². The number of anilines is 1. The summed E-state index contributed by atoms with van der Waals surface area (Å²) >= 11 is 0. The van der Waals surface area contributed by atoms with Gasteiger partial charge < -0.3 is 24.3 Å². The molecule has 2 aromatic carbocycles. The van der Waals surface area contributed by atoms with Gasteiger partial charge in [0.25, 0.3) is 5.91 Å². The molecule has 0 bridgehead atoms. The van der Waals surface area contributed by atoms with Crippen molar-refractivity contribution in [3.8, 4) is 17.2 Å². The van der Waals surface area contributed by atoms with E-state index >= 15 is 0 Å². The van der Waals surface area contributed by atoms with Crippen molar-refractivity contribution in [1.82, 2.24) is 0 Å². The molecule has 1 atom stereocenters. The summed E-state index contributed by atoms with van der Waals surface area (Å²) < 4.78 is 21.3. The number of benzene rings is 2. The number of para-hydroxylation sites is 2. The molecule has 1 aliphatic heterocycles. The number of esters is 1. The summed E-state index contributed by atoms with van der Waals surface area (Å²) in [5, 5.41) is 2.68. The van der Waals surface area contributed by atoms with Gasteiger partial charge in [0, 0.05) is 0 Å². The Morgan fingerprint density at radius 2 is 1.81 bits per heavy atom. The third-order valence-corrected chi connectivity index (χ3v) is 3.80. The average molecular weight is 357 g/mol. The minimum absolute atomic E-state index is 0.284. The van der Waals surface area contributed by atoms with Crippen LogP contribution in [0, 0.1) is 0 Å². The fourth-order valence-electron chi connectivity index (χ4n) is 2.43. The van der Waals surface area contributed by atoms with Crippen molar-refractivity contribution in [2.45, 2.75) is 13.0 Å². The molecule has 1 N–H and O–H groups in total. The number of carbonyl (C=O) groups excluding carboxylic acids is 2. The lowest BCUT2D eigenvalue weighted by Gasteiger charge is -2.19. The Hall–Kier alpha value is -3.22. The highest BCUT2D eigenvalue weighted by molar-refractivity contribution is 5.98. The molecule has 136 valence electrons. The maximum Gasteiger partial charge on any atom is 0.339 e. The van der Waals surface area contributed by atoms with E-state index < -0.39 is 18.0 Å². The Balaban J connectivity index is 1.64. The van der Waals surface area contributed by atoms with E-state index in [1.807, 2.05) is 0 Å². The number of ether oxygens (including phenoxy) is 4. The van der Waals surface area contributed by atoms with Gasteiger partial charge in [0.05, 0.1) is 18.4 Å². The second-order valence-corrected chi connectivity index (χ2v) is 5.60. The molecule has 1 heterocycles. The molecule has 3 rings (SSSR count). The second-order valence-electron chi connectivity index (χ2n) is 5.60. The molecular weight excluding hydrogens is 338 g/mol. The summed E-state index contributed by atoms with van der Waals surface area (Å²) in [4.78, 5) is 24.6. The number of hydrogen-bond acceptors (Lipinski definition) is 6. The number of methoxy groups -OCH3 is 1. The molecule has 0 unspecified atom stereocenters. The summed E-state index contributed by atoms with van der Waals surface area (Å²) in [7, 11) is 1.51. The number of fused-ring (bicyclic) bond motifs is 1. The van der Waals surface area contributed by atoms with Gasteiger partial charge in [0.1, 0.15) is 19.0 Å². The normalized spacial score (nSPS) is 13.5. The second kappa shape index (κ2) is 7.77. The van der Waals surface area contributed by atoms with Crippen LogP contribution in [-0.2, 0) is 9.53 Å². The number of nitrogens with one attached hydrogen (secondary N) is 1. The van der Waals surface area contributed by atoms with Gasteiger partial charge in [-0.2, -0.15) is 0 Å². The zero-order valence-corrected chi connectivity index (χ0v) is 14.5. The van der Waals surface area contributed by atoms with Crippen LogP contribution in [0.25, 0.3) is 0 Å². The average Bonchev–Trinajstić information content (AvgIpc) is 2.67. The van der Waals surface area contributed by atoms with Crippen LogP contribution < -0.4 is 19.5 Å². The van der Waals surface area contributed by atoms with Crippen LogP contribution in [0.2, 0.25) is 0 Å². The number of hydrogen-bond donors (Lipinski definition) is 1. The minimum Gasteiger partial charge on any atom is -0.495 e. The van der Waals surface area contributed by atoms with Crippen molar-refractivity contribution in [1.29, 1.82) is 0 Å². The number of amides is 1. The monoisotopic (exact) mass is 357 g/mol. The first-order valence-electron chi connectivity index (χ1n) is 8.13. The largest absolute Gasteiger partial charge is 0.495 e. The maximum atomic E-state index is 12.3. The molecule has 7 nitrogen and oxygen atoms in total. The molecule has 0 aromatic heterocycles. The smallest absolute Gasteiger partial charge is 0.339 e. The van der Waals surface area contributed by atoms with Crippen LogP contribution in [-0.4, -0.2) is 38.3 Å². The van der Waals surface area contributed by atoms with Crippen molar-refractivity contribution < 1.29 is 28.5 Å². The zero-order chi connectivity index (χ0) is 18.5. The Morgan fingerprint density at radius 3 is 2.58 bits per heavy atom. The lowest BCUT2D eigenvalue weighted by atomic mass is 10.2. The molecule has 0 spiro atoms. The highest BCUT2D eigenvalue weighted by Crippen LogP contribution is 2.31. The highest BCUT2D eigenvalue weighted by atomic mass is 16.6. The van der Waals surface area contributed by atoms with Crippen LogP contribution >= 0.6 is 0 Å². The fraction of sp³-hybridized carbons (Fsp3) is 0.263.